The highest BCUT2D eigenvalue weighted by atomic mass is 32.2. The molecule has 39 heavy (non-hydrogen) atoms. The van der Waals surface area contributed by atoms with E-state index in [1.165, 1.54) is 52.5 Å². The summed E-state index contributed by atoms with van der Waals surface area (Å²) in [5, 5.41) is 2.67. The quantitative estimate of drug-likeness (QED) is 0.288. The van der Waals surface area contributed by atoms with Crippen LogP contribution >= 0.6 is 11.8 Å². The van der Waals surface area contributed by atoms with E-state index >= 15 is 0 Å². The van der Waals surface area contributed by atoms with Crippen molar-refractivity contribution in [1.29, 1.82) is 0 Å². The molecule has 0 radical (unpaired) electrons. The van der Waals surface area contributed by atoms with Gasteiger partial charge in [0.25, 0.3) is 10.0 Å². The number of carbonyl (C=O) groups excluding carboxylic acids is 1. The van der Waals surface area contributed by atoms with Gasteiger partial charge in [-0.1, -0.05) is 26.0 Å². The van der Waals surface area contributed by atoms with E-state index < -0.39 is 32.5 Å². The number of hydrogen-bond acceptors (Lipinski definition) is 7. The van der Waals surface area contributed by atoms with Crippen molar-refractivity contribution in [2.75, 3.05) is 42.1 Å². The number of rotatable bonds is 13. The summed E-state index contributed by atoms with van der Waals surface area (Å²) in [7, 11) is -7.80. The lowest BCUT2D eigenvalue weighted by Gasteiger charge is -2.26. The second kappa shape index (κ2) is 13.3. The van der Waals surface area contributed by atoms with Gasteiger partial charge in [0.15, 0.2) is 0 Å². The minimum atomic E-state index is -4.15. The molecule has 3 aromatic carbocycles. The molecule has 0 unspecified atom stereocenters. The molecular formula is C27H33N3O6S3. The highest BCUT2D eigenvalue weighted by Gasteiger charge is 2.29. The summed E-state index contributed by atoms with van der Waals surface area (Å²) in [5.41, 5.74) is 0.558. The van der Waals surface area contributed by atoms with E-state index in [4.69, 9.17) is 4.74 Å². The van der Waals surface area contributed by atoms with Crippen LogP contribution in [0.3, 0.4) is 0 Å². The van der Waals surface area contributed by atoms with Gasteiger partial charge in [-0.3, -0.25) is 9.10 Å². The van der Waals surface area contributed by atoms with Gasteiger partial charge in [0, 0.05) is 23.7 Å². The van der Waals surface area contributed by atoms with Crippen LogP contribution in [0.15, 0.2) is 87.5 Å². The Morgan fingerprint density at radius 2 is 1.38 bits per heavy atom. The number of nitrogens with zero attached hydrogens (tertiary/aromatic N) is 2. The molecule has 0 spiro atoms. The predicted molar refractivity (Wildman–Crippen MR) is 156 cm³/mol. The second-order valence-corrected chi connectivity index (χ2v) is 12.9. The number of nitrogens with one attached hydrogen (secondary N) is 1. The number of sulfonamides is 2. The van der Waals surface area contributed by atoms with E-state index in [9.17, 15) is 21.6 Å². The maximum atomic E-state index is 13.8. The van der Waals surface area contributed by atoms with Crippen LogP contribution in [0.5, 0.6) is 5.75 Å². The number of amides is 1. The number of benzene rings is 3. The third kappa shape index (κ3) is 7.13. The molecule has 1 amide bonds. The zero-order valence-corrected chi connectivity index (χ0v) is 24.8. The highest BCUT2D eigenvalue weighted by Crippen LogP contribution is 2.33. The molecule has 0 heterocycles. The fourth-order valence-corrected chi connectivity index (χ4v) is 7.17. The molecule has 0 atom stereocenters. The van der Waals surface area contributed by atoms with Crippen LogP contribution in [-0.2, 0) is 24.8 Å². The van der Waals surface area contributed by atoms with Gasteiger partial charge >= 0.3 is 0 Å². The standard InChI is InChI=1S/C27H33N3O6S3/c1-5-29(6-2)38(32,33)23-16-12-21(13-17-23)28-27(31)20-30(25-10-8-9-11-26(25)36-7-3)39(34,35)24-18-14-22(37-4)15-19-24/h8-19H,5-7,20H2,1-4H3,(H,28,31). The Balaban J connectivity index is 1.92. The van der Waals surface area contributed by atoms with E-state index in [2.05, 4.69) is 5.32 Å². The van der Waals surface area contributed by atoms with E-state index in [-0.39, 0.29) is 15.5 Å². The van der Waals surface area contributed by atoms with Gasteiger partial charge in [-0.2, -0.15) is 4.31 Å². The van der Waals surface area contributed by atoms with Crippen molar-refractivity contribution in [3.63, 3.8) is 0 Å². The van der Waals surface area contributed by atoms with Crippen LogP contribution in [-0.4, -0.2) is 59.5 Å². The number of carbonyl (C=O) groups is 1. The summed E-state index contributed by atoms with van der Waals surface area (Å²) in [5.74, 6) is -0.284. The summed E-state index contributed by atoms with van der Waals surface area (Å²) >= 11 is 1.49. The molecule has 210 valence electrons. The van der Waals surface area contributed by atoms with Crippen LogP contribution < -0.4 is 14.4 Å². The minimum Gasteiger partial charge on any atom is -0.492 e. The van der Waals surface area contributed by atoms with Crippen molar-refractivity contribution < 1.29 is 26.4 Å². The molecule has 12 heteroatoms. The van der Waals surface area contributed by atoms with E-state index in [1.54, 1.807) is 57.2 Å². The molecule has 1 N–H and O–H groups in total. The third-order valence-electron chi connectivity index (χ3n) is 5.85. The van der Waals surface area contributed by atoms with Crippen LogP contribution in [0.4, 0.5) is 11.4 Å². The van der Waals surface area contributed by atoms with E-state index in [0.29, 0.717) is 31.1 Å². The molecule has 3 rings (SSSR count). The van der Waals surface area contributed by atoms with Crippen molar-refractivity contribution >= 4 is 49.1 Å². The molecule has 0 saturated carbocycles. The van der Waals surface area contributed by atoms with Gasteiger partial charge in [-0.05, 0) is 73.8 Å². The number of ether oxygens (including phenoxy) is 1. The van der Waals surface area contributed by atoms with Gasteiger partial charge in [-0.15, -0.1) is 11.8 Å². The lowest BCUT2D eigenvalue weighted by molar-refractivity contribution is -0.114. The molecule has 0 fully saturated rings. The topological polar surface area (TPSA) is 113 Å². The molecule has 0 aromatic heterocycles. The summed E-state index contributed by atoms with van der Waals surface area (Å²) in [6.45, 7) is 5.76. The molecule has 3 aromatic rings. The Bertz CT molecular complexity index is 1470. The Morgan fingerprint density at radius 3 is 1.95 bits per heavy atom. The van der Waals surface area contributed by atoms with Crippen molar-refractivity contribution in [3.8, 4) is 5.75 Å². The number of para-hydroxylation sites is 2. The van der Waals surface area contributed by atoms with Gasteiger partial charge < -0.3 is 10.1 Å². The Hall–Kier alpha value is -3.06. The lowest BCUT2D eigenvalue weighted by Crippen LogP contribution is -2.38. The molecule has 0 aliphatic rings. The van der Waals surface area contributed by atoms with Crippen LogP contribution in [0.25, 0.3) is 0 Å². The number of anilines is 2. The SMILES string of the molecule is CCOc1ccccc1N(CC(=O)Nc1ccc(S(=O)(=O)N(CC)CC)cc1)S(=O)(=O)c1ccc(SC)cc1. The number of thioether (sulfide) groups is 1. The van der Waals surface area contributed by atoms with Crippen molar-refractivity contribution in [3.05, 3.63) is 72.8 Å². The summed E-state index contributed by atoms with van der Waals surface area (Å²) in [6, 6.07) is 18.8. The largest absolute Gasteiger partial charge is 0.492 e. The monoisotopic (exact) mass is 591 g/mol. The average Bonchev–Trinajstić information content (AvgIpc) is 2.93. The maximum Gasteiger partial charge on any atom is 0.264 e. The molecule has 0 aliphatic carbocycles. The van der Waals surface area contributed by atoms with E-state index in [0.717, 1.165) is 9.20 Å². The first-order chi connectivity index (χ1) is 18.6. The molecule has 0 bridgehead atoms. The van der Waals surface area contributed by atoms with Crippen LogP contribution in [0, 0.1) is 0 Å². The lowest BCUT2D eigenvalue weighted by atomic mass is 10.3. The number of hydrogen-bond donors (Lipinski definition) is 1. The summed E-state index contributed by atoms with van der Waals surface area (Å²) in [6.07, 6.45) is 1.89. The minimum absolute atomic E-state index is 0.0327. The zero-order valence-electron chi connectivity index (χ0n) is 22.3. The first kappa shape index (κ1) is 30.5. The second-order valence-electron chi connectivity index (χ2n) is 8.25. The van der Waals surface area contributed by atoms with Crippen LogP contribution in [0.2, 0.25) is 0 Å². The predicted octanol–water partition coefficient (Wildman–Crippen LogP) is 4.67. The van der Waals surface area contributed by atoms with E-state index in [1.807, 2.05) is 6.26 Å². The van der Waals surface area contributed by atoms with Crippen molar-refractivity contribution in [1.82, 2.24) is 4.31 Å². The molecule has 0 aliphatic heterocycles. The summed E-state index contributed by atoms with van der Waals surface area (Å²) < 4.78 is 61.1. The first-order valence-corrected chi connectivity index (χ1v) is 16.5. The Kier molecular flexibility index (Phi) is 10.4. The van der Waals surface area contributed by atoms with Gasteiger partial charge in [0.1, 0.15) is 12.3 Å². The normalized spacial score (nSPS) is 11.8. The highest BCUT2D eigenvalue weighted by molar-refractivity contribution is 7.98. The third-order valence-corrected chi connectivity index (χ3v) is 10.4. The van der Waals surface area contributed by atoms with Gasteiger partial charge in [0.05, 0.1) is 22.1 Å². The van der Waals surface area contributed by atoms with Crippen LogP contribution in [0.1, 0.15) is 20.8 Å². The Morgan fingerprint density at radius 1 is 0.821 bits per heavy atom. The summed E-state index contributed by atoms with van der Waals surface area (Å²) in [4.78, 5) is 14.2. The first-order valence-electron chi connectivity index (χ1n) is 12.4. The Labute approximate surface area is 235 Å². The smallest absolute Gasteiger partial charge is 0.264 e. The molecule has 9 nitrogen and oxygen atoms in total. The zero-order chi connectivity index (χ0) is 28.6. The van der Waals surface area contributed by atoms with Crippen molar-refractivity contribution in [2.45, 2.75) is 35.5 Å². The fourth-order valence-electron chi connectivity index (χ4n) is 3.87. The molecule has 0 saturated heterocycles. The maximum absolute atomic E-state index is 13.8. The fraction of sp³-hybridized carbons (Fsp3) is 0.296. The van der Waals surface area contributed by atoms with Crippen molar-refractivity contribution in [2.24, 2.45) is 0 Å². The van der Waals surface area contributed by atoms with Gasteiger partial charge in [-0.25, -0.2) is 16.8 Å². The van der Waals surface area contributed by atoms with Gasteiger partial charge in [0.2, 0.25) is 15.9 Å². The molecular weight excluding hydrogens is 559 g/mol. The average molecular weight is 592 g/mol.